The molecular weight excluding hydrogens is 290 g/mol. The van der Waals surface area contributed by atoms with Crippen molar-refractivity contribution in [1.82, 2.24) is 15.5 Å². The van der Waals surface area contributed by atoms with Gasteiger partial charge in [0.15, 0.2) is 8.68 Å². The first-order chi connectivity index (χ1) is 8.51. The highest BCUT2D eigenvalue weighted by atomic mass is 32.2. The fourth-order valence-electron chi connectivity index (χ4n) is 1.34. The molecule has 1 unspecified atom stereocenters. The first-order valence-corrected chi connectivity index (χ1v) is 8.53. The molecule has 1 aromatic heterocycles. The molecule has 0 aromatic carbocycles. The molecule has 0 saturated carbocycles. The molecule has 1 atom stereocenters. The van der Waals surface area contributed by atoms with Crippen molar-refractivity contribution in [2.75, 3.05) is 18.6 Å². The third kappa shape index (κ3) is 4.42. The van der Waals surface area contributed by atoms with Crippen LogP contribution in [-0.2, 0) is 4.79 Å². The number of hydrogen-bond donors (Lipinski definition) is 2. The van der Waals surface area contributed by atoms with Crippen molar-refractivity contribution in [2.24, 2.45) is 0 Å². The molecule has 1 aromatic rings. The van der Waals surface area contributed by atoms with Gasteiger partial charge in [-0.1, -0.05) is 41.8 Å². The molecule has 0 aliphatic carbocycles. The molecule has 0 spiro atoms. The monoisotopic (exact) mass is 307 g/mol. The summed E-state index contributed by atoms with van der Waals surface area (Å²) in [6, 6.07) is 0. The summed E-state index contributed by atoms with van der Waals surface area (Å²) in [6.45, 7) is 4.26. The van der Waals surface area contributed by atoms with E-state index in [0.29, 0.717) is 18.7 Å². The summed E-state index contributed by atoms with van der Waals surface area (Å²) in [5, 5.41) is 20.3. The molecule has 5 nitrogen and oxygen atoms in total. The van der Waals surface area contributed by atoms with E-state index < -0.39 is 11.5 Å². The van der Waals surface area contributed by atoms with Gasteiger partial charge in [0, 0.05) is 5.75 Å². The smallest absolute Gasteiger partial charge is 0.323 e. The Balaban J connectivity index is 2.46. The summed E-state index contributed by atoms with van der Waals surface area (Å²) in [5.74, 6) is -0.106. The molecular formula is C10H17N3O2S3. The van der Waals surface area contributed by atoms with E-state index in [1.807, 2.05) is 13.2 Å². The Hall–Kier alpha value is -0.310. The van der Waals surface area contributed by atoms with Gasteiger partial charge in [0.05, 0.1) is 0 Å². The van der Waals surface area contributed by atoms with Crippen LogP contribution in [0.5, 0.6) is 0 Å². The van der Waals surface area contributed by atoms with Crippen LogP contribution in [0, 0.1) is 0 Å². The number of carbonyl (C=O) groups is 1. The number of nitrogens with one attached hydrogen (secondary N) is 1. The Kier molecular flexibility index (Phi) is 6.40. The Morgan fingerprint density at radius 2 is 2.17 bits per heavy atom. The lowest BCUT2D eigenvalue weighted by molar-refractivity contribution is -0.144. The molecule has 0 saturated heterocycles. The van der Waals surface area contributed by atoms with Crippen LogP contribution in [0.2, 0.25) is 0 Å². The molecule has 0 bridgehead atoms. The lowest BCUT2D eigenvalue weighted by Gasteiger charge is -2.25. The number of thioether (sulfide) groups is 2. The number of aromatic nitrogens is 2. The molecule has 18 heavy (non-hydrogen) atoms. The number of carboxylic acids is 1. The summed E-state index contributed by atoms with van der Waals surface area (Å²) in [6.07, 6.45) is 2.51. The zero-order valence-electron chi connectivity index (χ0n) is 10.6. The predicted octanol–water partition coefficient (Wildman–Crippen LogP) is 2.19. The predicted molar refractivity (Wildman–Crippen MR) is 76.7 cm³/mol. The summed E-state index contributed by atoms with van der Waals surface area (Å²) in [4.78, 5) is 11.2. The molecule has 0 aliphatic heterocycles. The highest BCUT2D eigenvalue weighted by Gasteiger charge is 2.31. The Morgan fingerprint density at radius 3 is 2.67 bits per heavy atom. The highest BCUT2D eigenvalue weighted by Crippen LogP contribution is 2.28. The summed E-state index contributed by atoms with van der Waals surface area (Å²) < 4.78 is 1.83. The molecule has 1 heterocycles. The number of likely N-dealkylation sites (N-methyl/N-ethyl adjacent to an activating group) is 1. The lowest BCUT2D eigenvalue weighted by atomic mass is 9.99. The van der Waals surface area contributed by atoms with Gasteiger partial charge in [0.25, 0.3) is 0 Å². The summed E-state index contributed by atoms with van der Waals surface area (Å²) in [7, 11) is 0. The van der Waals surface area contributed by atoms with Gasteiger partial charge in [-0.3, -0.25) is 4.79 Å². The second kappa shape index (κ2) is 7.32. The maximum atomic E-state index is 11.2. The second-order valence-electron chi connectivity index (χ2n) is 3.80. The van der Waals surface area contributed by atoms with Gasteiger partial charge in [0.1, 0.15) is 5.54 Å². The van der Waals surface area contributed by atoms with E-state index in [1.54, 1.807) is 41.8 Å². The van der Waals surface area contributed by atoms with E-state index in [4.69, 9.17) is 0 Å². The molecule has 0 amide bonds. The number of hydrogen-bond acceptors (Lipinski definition) is 7. The van der Waals surface area contributed by atoms with Gasteiger partial charge in [-0.15, -0.1) is 10.2 Å². The van der Waals surface area contributed by atoms with Crippen LogP contribution >= 0.6 is 34.9 Å². The minimum absolute atomic E-state index is 0.551. The molecule has 1 rings (SSSR count). The van der Waals surface area contributed by atoms with E-state index in [2.05, 4.69) is 15.5 Å². The van der Waals surface area contributed by atoms with Crippen LogP contribution in [-0.4, -0.2) is 45.4 Å². The van der Waals surface area contributed by atoms with E-state index in [-0.39, 0.29) is 0 Å². The Morgan fingerprint density at radius 1 is 1.50 bits per heavy atom. The zero-order chi connectivity index (χ0) is 13.6. The van der Waals surface area contributed by atoms with Crippen molar-refractivity contribution in [3.63, 3.8) is 0 Å². The minimum Gasteiger partial charge on any atom is -0.480 e. The maximum Gasteiger partial charge on any atom is 0.323 e. The number of nitrogens with zero attached hydrogens (tertiary/aromatic N) is 2. The molecule has 102 valence electrons. The Labute approximate surface area is 119 Å². The van der Waals surface area contributed by atoms with Gasteiger partial charge in [-0.2, -0.15) is 0 Å². The van der Waals surface area contributed by atoms with Crippen LogP contribution in [0.25, 0.3) is 0 Å². The van der Waals surface area contributed by atoms with Crippen molar-refractivity contribution in [2.45, 2.75) is 34.5 Å². The highest BCUT2D eigenvalue weighted by molar-refractivity contribution is 8.02. The van der Waals surface area contributed by atoms with Crippen molar-refractivity contribution >= 4 is 40.8 Å². The van der Waals surface area contributed by atoms with Gasteiger partial charge in [-0.25, -0.2) is 0 Å². The molecule has 0 aliphatic rings. The Bertz CT molecular complexity index is 399. The second-order valence-corrected chi connectivity index (χ2v) is 7.18. The lowest BCUT2D eigenvalue weighted by Crippen LogP contribution is -2.49. The molecule has 8 heteroatoms. The van der Waals surface area contributed by atoms with Crippen LogP contribution in [0.4, 0.5) is 0 Å². The van der Waals surface area contributed by atoms with Gasteiger partial charge in [0.2, 0.25) is 0 Å². The minimum atomic E-state index is -0.866. The van der Waals surface area contributed by atoms with Gasteiger partial charge >= 0.3 is 5.97 Å². The van der Waals surface area contributed by atoms with Crippen LogP contribution in [0.3, 0.4) is 0 Å². The average molecular weight is 307 g/mol. The third-order valence-corrected chi connectivity index (χ3v) is 5.46. The van der Waals surface area contributed by atoms with Crippen LogP contribution in [0.1, 0.15) is 20.3 Å². The zero-order valence-corrected chi connectivity index (χ0v) is 13.0. The fraction of sp³-hybridized carbons (Fsp3) is 0.700. The first kappa shape index (κ1) is 15.7. The van der Waals surface area contributed by atoms with Gasteiger partial charge < -0.3 is 10.4 Å². The molecule has 0 fully saturated rings. The quantitative estimate of drug-likeness (QED) is 0.713. The number of aliphatic carboxylic acids is 1. The first-order valence-electron chi connectivity index (χ1n) is 5.50. The van der Waals surface area contributed by atoms with Crippen molar-refractivity contribution in [3.05, 3.63) is 0 Å². The molecule has 2 N–H and O–H groups in total. The maximum absolute atomic E-state index is 11.2. The van der Waals surface area contributed by atoms with E-state index >= 15 is 0 Å². The number of carboxylic acid groups (broad SMARTS) is 1. The van der Waals surface area contributed by atoms with Crippen LogP contribution in [0.15, 0.2) is 8.68 Å². The fourth-order valence-corrected chi connectivity index (χ4v) is 4.01. The van der Waals surface area contributed by atoms with E-state index in [9.17, 15) is 9.90 Å². The van der Waals surface area contributed by atoms with Crippen molar-refractivity contribution in [1.29, 1.82) is 0 Å². The summed E-state index contributed by atoms with van der Waals surface area (Å²) in [5.41, 5.74) is -0.866. The van der Waals surface area contributed by atoms with Crippen molar-refractivity contribution in [3.8, 4) is 0 Å². The van der Waals surface area contributed by atoms with E-state index in [1.165, 1.54) is 0 Å². The molecule has 0 radical (unpaired) electrons. The normalized spacial score (nSPS) is 14.4. The van der Waals surface area contributed by atoms with E-state index in [0.717, 1.165) is 8.68 Å². The van der Waals surface area contributed by atoms with Crippen molar-refractivity contribution < 1.29 is 9.90 Å². The van der Waals surface area contributed by atoms with Crippen LogP contribution < -0.4 is 5.32 Å². The topological polar surface area (TPSA) is 75.1 Å². The number of rotatable bonds is 8. The SMILES string of the molecule is CCNC(C)(CCSc1nnc(SC)s1)C(=O)O. The van der Waals surface area contributed by atoms with Gasteiger partial charge in [-0.05, 0) is 26.1 Å². The largest absolute Gasteiger partial charge is 0.480 e. The standard InChI is InChI=1S/C10H17N3O2S3/c1-4-11-10(2,7(14)15)5-6-17-9-13-12-8(16-3)18-9/h11H,4-6H2,1-3H3,(H,14,15). The third-order valence-electron chi connectivity index (χ3n) is 2.43. The summed E-state index contributed by atoms with van der Waals surface area (Å²) >= 11 is 4.66. The average Bonchev–Trinajstić information content (AvgIpc) is 2.77.